The van der Waals surface area contributed by atoms with E-state index in [9.17, 15) is 20.4 Å². The Hall–Kier alpha value is -2.79. The van der Waals surface area contributed by atoms with Crippen molar-refractivity contribution in [2.45, 2.75) is 37.5 Å². The summed E-state index contributed by atoms with van der Waals surface area (Å²) in [7, 11) is 0. The third-order valence-corrected chi connectivity index (χ3v) is 4.90. The van der Waals surface area contributed by atoms with Gasteiger partial charge in [0.15, 0.2) is 23.2 Å². The van der Waals surface area contributed by atoms with Gasteiger partial charge in [0, 0.05) is 0 Å². The number of aromatic nitrogens is 4. The highest BCUT2D eigenvalue weighted by molar-refractivity contribution is 5.82. The summed E-state index contributed by atoms with van der Waals surface area (Å²) in [5.41, 5.74) is 1.85. The molecule has 10 nitrogen and oxygen atoms in total. The first-order valence-corrected chi connectivity index (χ1v) is 8.85. The average molecular weight is 387 g/mol. The lowest BCUT2D eigenvalue weighted by Gasteiger charge is -2.17. The smallest absolute Gasteiger partial charge is 0.167 e. The van der Waals surface area contributed by atoms with Crippen molar-refractivity contribution >= 4 is 17.0 Å². The van der Waals surface area contributed by atoms with Crippen LogP contribution in [0, 0.1) is 0 Å². The molecule has 0 amide bonds. The van der Waals surface area contributed by atoms with Crippen LogP contribution in [-0.4, -0.2) is 64.9 Å². The third-order valence-electron chi connectivity index (χ3n) is 4.90. The maximum Gasteiger partial charge on any atom is 0.167 e. The SMILES string of the molecule is CC(Nc1ncnc2c1ncn2C1OC(CO)C(O)C1O)c1ccc(O)cc1. The van der Waals surface area contributed by atoms with Crippen molar-refractivity contribution in [1.82, 2.24) is 19.5 Å². The van der Waals surface area contributed by atoms with Crippen LogP contribution >= 0.6 is 0 Å². The van der Waals surface area contributed by atoms with Crippen molar-refractivity contribution in [1.29, 1.82) is 0 Å². The molecule has 5 unspecified atom stereocenters. The molecule has 1 aromatic carbocycles. The fourth-order valence-electron chi connectivity index (χ4n) is 3.31. The number of phenolic OH excluding ortho intramolecular Hbond substituents is 1. The Morgan fingerprint density at radius 3 is 2.57 bits per heavy atom. The number of hydrogen-bond acceptors (Lipinski definition) is 9. The Morgan fingerprint density at radius 2 is 1.89 bits per heavy atom. The number of hydrogen-bond donors (Lipinski definition) is 5. The number of aliphatic hydroxyl groups excluding tert-OH is 3. The topological polar surface area (TPSA) is 146 Å². The van der Waals surface area contributed by atoms with Crippen molar-refractivity contribution in [3.8, 4) is 5.75 Å². The molecule has 5 N–H and O–H groups in total. The third kappa shape index (κ3) is 3.16. The second-order valence-electron chi connectivity index (χ2n) is 6.73. The maximum absolute atomic E-state index is 10.3. The molecule has 148 valence electrons. The molecule has 4 rings (SSSR count). The van der Waals surface area contributed by atoms with Gasteiger partial charge in [-0.2, -0.15) is 0 Å². The van der Waals surface area contributed by atoms with E-state index in [0.717, 1.165) is 5.56 Å². The molecule has 1 fully saturated rings. The molecular weight excluding hydrogens is 366 g/mol. The minimum atomic E-state index is -1.23. The molecule has 0 bridgehead atoms. The molecule has 3 aromatic rings. The van der Waals surface area contributed by atoms with Gasteiger partial charge in [0.1, 0.15) is 30.4 Å². The van der Waals surface area contributed by atoms with Gasteiger partial charge in [-0.15, -0.1) is 0 Å². The van der Waals surface area contributed by atoms with E-state index in [1.165, 1.54) is 17.2 Å². The Kier molecular flexibility index (Phi) is 4.85. The van der Waals surface area contributed by atoms with Gasteiger partial charge in [0.2, 0.25) is 0 Å². The molecular formula is C18H21N5O5. The lowest BCUT2D eigenvalue weighted by molar-refractivity contribution is -0.0511. The number of anilines is 1. The van der Waals surface area contributed by atoms with Gasteiger partial charge < -0.3 is 30.5 Å². The number of nitrogens with zero attached hydrogens (tertiary/aromatic N) is 4. The molecule has 0 saturated carbocycles. The van der Waals surface area contributed by atoms with Crippen molar-refractivity contribution in [2.75, 3.05) is 11.9 Å². The molecule has 10 heteroatoms. The summed E-state index contributed by atoms with van der Waals surface area (Å²) in [4.78, 5) is 12.8. The average Bonchev–Trinajstić information content (AvgIpc) is 3.24. The summed E-state index contributed by atoms with van der Waals surface area (Å²) >= 11 is 0. The molecule has 0 aliphatic carbocycles. The molecule has 2 aromatic heterocycles. The Bertz CT molecular complexity index is 963. The number of aromatic hydroxyl groups is 1. The van der Waals surface area contributed by atoms with E-state index in [2.05, 4.69) is 20.3 Å². The van der Waals surface area contributed by atoms with Crippen molar-refractivity contribution in [2.24, 2.45) is 0 Å². The van der Waals surface area contributed by atoms with Crippen LogP contribution in [0.1, 0.15) is 24.8 Å². The van der Waals surface area contributed by atoms with Gasteiger partial charge in [-0.05, 0) is 24.6 Å². The number of aliphatic hydroxyl groups is 3. The van der Waals surface area contributed by atoms with Crippen molar-refractivity contribution in [3.63, 3.8) is 0 Å². The zero-order valence-corrected chi connectivity index (χ0v) is 15.0. The van der Waals surface area contributed by atoms with Gasteiger partial charge in [-0.25, -0.2) is 15.0 Å². The van der Waals surface area contributed by atoms with E-state index in [1.54, 1.807) is 12.1 Å². The number of phenols is 1. The number of imidazole rings is 1. The van der Waals surface area contributed by atoms with E-state index >= 15 is 0 Å². The lowest BCUT2D eigenvalue weighted by atomic mass is 10.1. The van der Waals surface area contributed by atoms with Crippen LogP contribution in [0.15, 0.2) is 36.9 Å². The minimum absolute atomic E-state index is 0.113. The predicted molar refractivity (Wildman–Crippen MR) is 98.5 cm³/mol. The molecule has 1 saturated heterocycles. The first-order chi connectivity index (χ1) is 13.5. The van der Waals surface area contributed by atoms with E-state index in [0.29, 0.717) is 17.0 Å². The van der Waals surface area contributed by atoms with Crippen LogP contribution < -0.4 is 5.32 Å². The molecule has 0 radical (unpaired) electrons. The summed E-state index contributed by atoms with van der Waals surface area (Å²) < 4.78 is 7.07. The highest BCUT2D eigenvalue weighted by Gasteiger charge is 2.44. The Morgan fingerprint density at radius 1 is 1.14 bits per heavy atom. The van der Waals surface area contributed by atoms with Gasteiger partial charge in [0.25, 0.3) is 0 Å². The largest absolute Gasteiger partial charge is 0.508 e. The van der Waals surface area contributed by atoms with Crippen LogP contribution in [0.2, 0.25) is 0 Å². The van der Waals surface area contributed by atoms with Crippen LogP contribution in [0.5, 0.6) is 5.75 Å². The van der Waals surface area contributed by atoms with Crippen LogP contribution in [0.25, 0.3) is 11.2 Å². The van der Waals surface area contributed by atoms with E-state index in [-0.39, 0.29) is 11.8 Å². The second kappa shape index (κ2) is 7.32. The minimum Gasteiger partial charge on any atom is -0.508 e. The first kappa shape index (κ1) is 18.6. The predicted octanol–water partition coefficient (Wildman–Crippen LogP) is 0.316. The maximum atomic E-state index is 10.3. The monoisotopic (exact) mass is 387 g/mol. The lowest BCUT2D eigenvalue weighted by Crippen LogP contribution is -2.33. The van der Waals surface area contributed by atoms with Gasteiger partial charge in [-0.1, -0.05) is 12.1 Å². The van der Waals surface area contributed by atoms with Crippen LogP contribution in [0.4, 0.5) is 5.82 Å². The number of fused-ring (bicyclic) bond motifs is 1. The first-order valence-electron chi connectivity index (χ1n) is 8.85. The fourth-order valence-corrected chi connectivity index (χ4v) is 3.31. The molecule has 3 heterocycles. The van der Waals surface area contributed by atoms with Gasteiger partial charge in [-0.3, -0.25) is 4.57 Å². The summed E-state index contributed by atoms with van der Waals surface area (Å²) in [6, 6.07) is 6.73. The van der Waals surface area contributed by atoms with Crippen LogP contribution in [-0.2, 0) is 4.74 Å². The van der Waals surface area contributed by atoms with Crippen molar-refractivity contribution < 1.29 is 25.2 Å². The zero-order valence-electron chi connectivity index (χ0n) is 15.0. The summed E-state index contributed by atoms with van der Waals surface area (Å²) in [6.45, 7) is 1.54. The van der Waals surface area contributed by atoms with E-state index < -0.39 is 31.1 Å². The zero-order chi connectivity index (χ0) is 19.8. The number of benzene rings is 1. The highest BCUT2D eigenvalue weighted by atomic mass is 16.6. The fraction of sp³-hybridized carbons (Fsp3) is 0.389. The molecule has 1 aliphatic rings. The number of nitrogens with one attached hydrogen (secondary N) is 1. The number of rotatable bonds is 5. The standard InChI is InChI=1S/C18H21N5O5/c1-9(10-2-4-11(25)5-3-10)22-16-13-17(20-7-19-16)23(8-21-13)18-15(27)14(26)12(6-24)28-18/h2-5,7-9,12,14-15,18,24-27H,6H2,1H3,(H,19,20,22). The molecule has 0 spiro atoms. The molecule has 1 aliphatic heterocycles. The molecule has 5 atom stereocenters. The van der Waals surface area contributed by atoms with E-state index in [1.807, 2.05) is 19.1 Å². The quantitative estimate of drug-likeness (QED) is 0.417. The number of ether oxygens (including phenoxy) is 1. The Labute approximate surface area is 160 Å². The van der Waals surface area contributed by atoms with Gasteiger partial charge in [0.05, 0.1) is 19.0 Å². The summed E-state index contributed by atoms with van der Waals surface area (Å²) in [5.74, 6) is 0.689. The molecule has 28 heavy (non-hydrogen) atoms. The van der Waals surface area contributed by atoms with Crippen LogP contribution in [0.3, 0.4) is 0 Å². The highest BCUT2D eigenvalue weighted by Crippen LogP contribution is 2.32. The van der Waals surface area contributed by atoms with Crippen molar-refractivity contribution in [3.05, 3.63) is 42.5 Å². The van der Waals surface area contributed by atoms with Gasteiger partial charge >= 0.3 is 0 Å². The van der Waals surface area contributed by atoms with E-state index in [4.69, 9.17) is 4.74 Å². The second-order valence-corrected chi connectivity index (χ2v) is 6.73. The summed E-state index contributed by atoms with van der Waals surface area (Å²) in [6.07, 6.45) is -1.41. The summed E-state index contributed by atoms with van der Waals surface area (Å²) in [5, 5.41) is 42.2. The Balaban J connectivity index is 1.63. The normalized spacial score (nSPS) is 25.9.